The van der Waals surface area contributed by atoms with Crippen LogP contribution in [0.15, 0.2) is 42.0 Å². The molecule has 196 valence electrons. The third-order valence-electron chi connectivity index (χ3n) is 6.61. The summed E-state index contributed by atoms with van der Waals surface area (Å²) in [6.07, 6.45) is 1.63. The molecule has 0 unspecified atom stereocenters. The van der Waals surface area contributed by atoms with E-state index in [1.165, 1.54) is 6.92 Å². The van der Waals surface area contributed by atoms with E-state index in [1.54, 1.807) is 18.0 Å². The van der Waals surface area contributed by atoms with Crippen molar-refractivity contribution in [3.8, 4) is 0 Å². The molecule has 0 spiro atoms. The molecule has 0 radical (unpaired) electrons. The van der Waals surface area contributed by atoms with E-state index in [0.29, 0.717) is 6.54 Å². The maximum atomic E-state index is 13.9. The van der Waals surface area contributed by atoms with Gasteiger partial charge in [-0.3, -0.25) is 9.59 Å². The average Bonchev–Trinajstić information content (AvgIpc) is 2.76. The molecule has 0 aliphatic heterocycles. The van der Waals surface area contributed by atoms with Crippen molar-refractivity contribution in [1.82, 2.24) is 15.5 Å². The largest absolute Gasteiger partial charge is 0.478 e. The Morgan fingerprint density at radius 1 is 1.03 bits per heavy atom. The van der Waals surface area contributed by atoms with E-state index < -0.39 is 34.9 Å². The number of benzene rings is 1. The third kappa shape index (κ3) is 7.66. The van der Waals surface area contributed by atoms with Gasteiger partial charge in [0, 0.05) is 17.5 Å². The van der Waals surface area contributed by atoms with E-state index in [4.69, 9.17) is 0 Å². The number of carboxylic acid groups (broad SMARTS) is 1. The minimum absolute atomic E-state index is 0.00779. The molecule has 7 heteroatoms. The van der Waals surface area contributed by atoms with Crippen LogP contribution in [0.25, 0.3) is 0 Å². The summed E-state index contributed by atoms with van der Waals surface area (Å²) in [5.74, 6) is -1.51. The minimum Gasteiger partial charge on any atom is -0.478 e. The average molecular weight is 488 g/mol. The Labute approximate surface area is 211 Å². The molecule has 0 heterocycles. The number of nitrogens with one attached hydrogen (secondary N) is 2. The van der Waals surface area contributed by atoms with Crippen LogP contribution in [-0.2, 0) is 19.8 Å². The van der Waals surface area contributed by atoms with Crippen LogP contribution in [0.3, 0.4) is 0 Å². The summed E-state index contributed by atoms with van der Waals surface area (Å²) < 4.78 is 0. The topological polar surface area (TPSA) is 98.7 Å². The molecule has 7 nitrogen and oxygen atoms in total. The second kappa shape index (κ2) is 12.3. The summed E-state index contributed by atoms with van der Waals surface area (Å²) in [7, 11) is 1.75. The molecule has 0 bridgehead atoms. The number of hydrogen-bond donors (Lipinski definition) is 3. The quantitative estimate of drug-likeness (QED) is 0.410. The summed E-state index contributed by atoms with van der Waals surface area (Å²) in [4.78, 5) is 40.6. The normalized spacial score (nSPS) is 15.3. The maximum Gasteiger partial charge on any atom is 0.331 e. The lowest BCUT2D eigenvalue weighted by atomic mass is 9.76. The number of likely N-dealkylation sites (N-methyl/N-ethyl adjacent to an activating group) is 2. The SMILES string of the molecule is CCN(C(=O)[C@@H](NC(=O)[C@@H](NC)C(C)(C)c1ccccc1)C(C)(C)C)[C@H](/C=C(\C)C(=O)O)C(C)C. The molecule has 3 atom stereocenters. The van der Waals surface area contributed by atoms with Crippen molar-refractivity contribution in [2.75, 3.05) is 13.6 Å². The fraction of sp³-hybridized carbons (Fsp3) is 0.607. The van der Waals surface area contributed by atoms with Gasteiger partial charge in [-0.25, -0.2) is 4.79 Å². The van der Waals surface area contributed by atoms with Gasteiger partial charge in [0.25, 0.3) is 0 Å². The lowest BCUT2D eigenvalue weighted by Gasteiger charge is -2.40. The number of amides is 2. The highest BCUT2D eigenvalue weighted by molar-refractivity contribution is 5.91. The molecule has 2 amide bonds. The second-order valence-electron chi connectivity index (χ2n) is 11.1. The number of carbonyl (C=O) groups excluding carboxylic acids is 2. The van der Waals surface area contributed by atoms with Crippen LogP contribution in [0, 0.1) is 11.3 Å². The first-order valence-corrected chi connectivity index (χ1v) is 12.3. The summed E-state index contributed by atoms with van der Waals surface area (Å²) >= 11 is 0. The summed E-state index contributed by atoms with van der Waals surface area (Å²) in [5, 5.41) is 15.6. The number of aliphatic carboxylic acids is 1. The van der Waals surface area contributed by atoms with Gasteiger partial charge in [-0.2, -0.15) is 0 Å². The predicted molar refractivity (Wildman–Crippen MR) is 141 cm³/mol. The zero-order valence-corrected chi connectivity index (χ0v) is 23.1. The van der Waals surface area contributed by atoms with Crippen LogP contribution in [0.2, 0.25) is 0 Å². The molecule has 0 saturated carbocycles. The molecule has 35 heavy (non-hydrogen) atoms. The Hall–Kier alpha value is -2.67. The molecule has 0 aliphatic rings. The Kier molecular flexibility index (Phi) is 10.7. The van der Waals surface area contributed by atoms with Gasteiger partial charge < -0.3 is 20.6 Å². The molecule has 0 fully saturated rings. The standard InChI is InChI=1S/C28H45N3O4/c1-11-31(21(18(2)3)17-19(4)26(34)35)25(33)23(27(5,6)7)30-24(32)22(29-10)28(8,9)20-15-13-12-14-16-20/h12-18,21-23,29H,11H2,1-10H3,(H,30,32)(H,34,35)/b19-17+/t21-,22-,23-/m1/s1. The van der Waals surface area contributed by atoms with Crippen LogP contribution < -0.4 is 10.6 Å². The van der Waals surface area contributed by atoms with Gasteiger partial charge in [-0.15, -0.1) is 0 Å². The zero-order chi connectivity index (χ0) is 27.1. The number of carboxylic acids is 1. The molecule has 0 aromatic heterocycles. The summed E-state index contributed by atoms with van der Waals surface area (Å²) in [5.41, 5.74) is 0.101. The molecular formula is C28H45N3O4. The van der Waals surface area contributed by atoms with Crippen LogP contribution in [0.1, 0.15) is 67.9 Å². The molecule has 1 rings (SSSR count). The van der Waals surface area contributed by atoms with Crippen LogP contribution in [0.5, 0.6) is 0 Å². The lowest BCUT2D eigenvalue weighted by molar-refractivity contribution is -0.142. The van der Waals surface area contributed by atoms with E-state index in [1.807, 2.05) is 85.7 Å². The van der Waals surface area contributed by atoms with Gasteiger partial charge in [-0.05, 0) is 37.8 Å². The van der Waals surface area contributed by atoms with Gasteiger partial charge >= 0.3 is 5.97 Å². The van der Waals surface area contributed by atoms with Crippen LogP contribution >= 0.6 is 0 Å². The number of rotatable bonds is 11. The van der Waals surface area contributed by atoms with Crippen molar-refractivity contribution in [1.29, 1.82) is 0 Å². The summed E-state index contributed by atoms with van der Waals surface area (Å²) in [6.45, 7) is 17.5. The fourth-order valence-electron chi connectivity index (χ4n) is 4.38. The first-order chi connectivity index (χ1) is 16.1. The highest BCUT2D eigenvalue weighted by Crippen LogP contribution is 2.29. The van der Waals surface area contributed by atoms with Crippen LogP contribution in [-0.4, -0.2) is 59.5 Å². The van der Waals surface area contributed by atoms with Crippen LogP contribution in [0.4, 0.5) is 0 Å². The van der Waals surface area contributed by atoms with Gasteiger partial charge in [0.2, 0.25) is 11.8 Å². The van der Waals surface area contributed by atoms with Gasteiger partial charge in [0.1, 0.15) is 6.04 Å². The van der Waals surface area contributed by atoms with Crippen molar-refractivity contribution in [3.63, 3.8) is 0 Å². The van der Waals surface area contributed by atoms with Crippen molar-refractivity contribution >= 4 is 17.8 Å². The predicted octanol–water partition coefficient (Wildman–Crippen LogP) is 3.99. The van der Waals surface area contributed by atoms with Gasteiger partial charge in [-0.1, -0.05) is 84.9 Å². The number of nitrogens with zero attached hydrogens (tertiary/aromatic N) is 1. The number of hydrogen-bond acceptors (Lipinski definition) is 4. The van der Waals surface area contributed by atoms with Crippen molar-refractivity contribution in [3.05, 3.63) is 47.5 Å². The second-order valence-corrected chi connectivity index (χ2v) is 11.1. The van der Waals surface area contributed by atoms with E-state index in [2.05, 4.69) is 10.6 Å². The Bertz CT molecular complexity index is 901. The first kappa shape index (κ1) is 30.4. The van der Waals surface area contributed by atoms with E-state index in [0.717, 1.165) is 5.56 Å². The van der Waals surface area contributed by atoms with Gasteiger partial charge in [0.05, 0.1) is 12.1 Å². The Balaban J connectivity index is 3.37. The smallest absolute Gasteiger partial charge is 0.331 e. The molecule has 0 saturated heterocycles. The third-order valence-corrected chi connectivity index (χ3v) is 6.61. The fourth-order valence-corrected chi connectivity index (χ4v) is 4.38. The zero-order valence-electron chi connectivity index (χ0n) is 23.1. The molecule has 1 aromatic rings. The molecule has 3 N–H and O–H groups in total. The van der Waals surface area contributed by atoms with Crippen molar-refractivity contribution < 1.29 is 19.5 Å². The highest BCUT2D eigenvalue weighted by Gasteiger charge is 2.42. The van der Waals surface area contributed by atoms with E-state index in [-0.39, 0.29) is 23.3 Å². The van der Waals surface area contributed by atoms with E-state index >= 15 is 0 Å². The van der Waals surface area contributed by atoms with Crippen molar-refractivity contribution in [2.45, 2.75) is 85.9 Å². The van der Waals surface area contributed by atoms with Gasteiger partial charge in [0.15, 0.2) is 0 Å². The lowest BCUT2D eigenvalue weighted by Crippen LogP contribution is -2.62. The monoisotopic (exact) mass is 487 g/mol. The Morgan fingerprint density at radius 3 is 1.97 bits per heavy atom. The molecule has 1 aromatic carbocycles. The summed E-state index contributed by atoms with van der Waals surface area (Å²) in [6, 6.07) is 8.03. The maximum absolute atomic E-state index is 13.9. The molecular weight excluding hydrogens is 442 g/mol. The van der Waals surface area contributed by atoms with E-state index in [9.17, 15) is 19.5 Å². The number of carbonyl (C=O) groups is 3. The first-order valence-electron chi connectivity index (χ1n) is 12.3. The highest BCUT2D eigenvalue weighted by atomic mass is 16.4. The molecule has 0 aliphatic carbocycles. The Morgan fingerprint density at radius 2 is 1.57 bits per heavy atom. The minimum atomic E-state index is -1.01. The van der Waals surface area contributed by atoms with Crippen molar-refractivity contribution in [2.24, 2.45) is 11.3 Å².